The van der Waals surface area contributed by atoms with Gasteiger partial charge in [0.1, 0.15) is 5.82 Å². The average molecular weight is 309 g/mol. The molecule has 0 unspecified atom stereocenters. The highest BCUT2D eigenvalue weighted by Crippen LogP contribution is 2.31. The molecule has 0 atom stereocenters. The second-order valence-corrected chi connectivity index (χ2v) is 4.89. The fourth-order valence-corrected chi connectivity index (χ4v) is 2.07. The molecule has 0 aliphatic rings. The first-order valence-electron chi connectivity index (χ1n) is 5.68. The Hall–Kier alpha value is -1.91. The van der Waals surface area contributed by atoms with Gasteiger partial charge in [-0.1, -0.05) is 23.2 Å². The molecule has 3 nitrogen and oxygen atoms in total. The maximum Gasteiger partial charge on any atom is 0.249 e. The smallest absolute Gasteiger partial charge is 0.249 e. The first-order valence-corrected chi connectivity index (χ1v) is 6.44. The first kappa shape index (κ1) is 13.1. The second-order valence-electron chi connectivity index (χ2n) is 4.04. The van der Waals surface area contributed by atoms with Crippen molar-refractivity contribution in [3.63, 3.8) is 0 Å². The topological polar surface area (TPSA) is 38.9 Å². The molecule has 0 aliphatic carbocycles. The van der Waals surface area contributed by atoms with Gasteiger partial charge in [0.15, 0.2) is 0 Å². The Kier molecular flexibility index (Phi) is 3.42. The van der Waals surface area contributed by atoms with Gasteiger partial charge < -0.3 is 4.42 Å². The summed E-state index contributed by atoms with van der Waals surface area (Å²) in [5.74, 6) is 0.222. The zero-order chi connectivity index (χ0) is 14.1. The SMILES string of the molecule is Fc1ccc(-c2nnc(-c3cc(Cl)ccc3Cl)o2)cc1. The number of aromatic nitrogens is 2. The number of nitrogens with zero attached hydrogens (tertiary/aromatic N) is 2. The molecule has 2 aromatic carbocycles. The predicted octanol–water partition coefficient (Wildman–Crippen LogP) is 4.85. The van der Waals surface area contributed by atoms with Crippen LogP contribution in [0, 0.1) is 5.82 Å². The van der Waals surface area contributed by atoms with Gasteiger partial charge in [-0.2, -0.15) is 0 Å². The van der Waals surface area contributed by atoms with E-state index in [0.29, 0.717) is 21.2 Å². The Labute approximate surface area is 124 Å². The van der Waals surface area contributed by atoms with Crippen LogP contribution in [-0.4, -0.2) is 10.2 Å². The van der Waals surface area contributed by atoms with E-state index < -0.39 is 0 Å². The van der Waals surface area contributed by atoms with Crippen LogP contribution in [0.1, 0.15) is 0 Å². The number of halogens is 3. The van der Waals surface area contributed by atoms with Gasteiger partial charge in [-0.15, -0.1) is 10.2 Å². The minimum absolute atomic E-state index is 0.261. The van der Waals surface area contributed by atoms with Crippen LogP contribution in [-0.2, 0) is 0 Å². The molecule has 0 aliphatic heterocycles. The van der Waals surface area contributed by atoms with Crippen molar-refractivity contribution in [2.75, 3.05) is 0 Å². The average Bonchev–Trinajstić information content (AvgIpc) is 2.92. The van der Waals surface area contributed by atoms with Gasteiger partial charge in [-0.3, -0.25) is 0 Å². The molecule has 100 valence electrons. The van der Waals surface area contributed by atoms with Gasteiger partial charge in [0.25, 0.3) is 0 Å². The molecular weight excluding hydrogens is 302 g/mol. The van der Waals surface area contributed by atoms with Crippen LogP contribution in [0.4, 0.5) is 4.39 Å². The molecule has 20 heavy (non-hydrogen) atoms. The van der Waals surface area contributed by atoms with Crippen molar-refractivity contribution in [3.8, 4) is 22.9 Å². The van der Waals surface area contributed by atoms with Crippen molar-refractivity contribution < 1.29 is 8.81 Å². The fraction of sp³-hybridized carbons (Fsp3) is 0. The summed E-state index contributed by atoms with van der Waals surface area (Å²) in [5.41, 5.74) is 1.18. The number of benzene rings is 2. The molecule has 0 fully saturated rings. The van der Waals surface area contributed by atoms with Crippen LogP contribution in [0.3, 0.4) is 0 Å². The van der Waals surface area contributed by atoms with Gasteiger partial charge in [-0.25, -0.2) is 4.39 Å². The molecule has 0 bridgehead atoms. The standard InChI is InChI=1S/C14H7Cl2FN2O/c15-9-3-6-12(16)11(7-9)14-19-18-13(20-14)8-1-4-10(17)5-2-8/h1-7H. The largest absolute Gasteiger partial charge is 0.416 e. The van der Waals surface area contributed by atoms with Crippen molar-refractivity contribution in [2.45, 2.75) is 0 Å². The maximum absolute atomic E-state index is 12.9. The van der Waals surface area contributed by atoms with E-state index in [9.17, 15) is 4.39 Å². The zero-order valence-electron chi connectivity index (χ0n) is 9.98. The monoisotopic (exact) mass is 308 g/mol. The van der Waals surface area contributed by atoms with E-state index in [1.54, 1.807) is 30.3 Å². The molecule has 0 saturated heterocycles. The molecule has 0 spiro atoms. The minimum atomic E-state index is -0.327. The van der Waals surface area contributed by atoms with E-state index in [1.165, 1.54) is 12.1 Å². The van der Waals surface area contributed by atoms with E-state index in [-0.39, 0.29) is 17.6 Å². The Morgan fingerprint density at radius 1 is 0.900 bits per heavy atom. The summed E-state index contributed by atoms with van der Waals surface area (Å²) in [7, 11) is 0. The lowest BCUT2D eigenvalue weighted by Crippen LogP contribution is -1.79. The van der Waals surface area contributed by atoms with Crippen molar-refractivity contribution >= 4 is 23.2 Å². The van der Waals surface area contributed by atoms with E-state index in [1.807, 2.05) is 0 Å². The third-order valence-corrected chi connectivity index (χ3v) is 3.24. The van der Waals surface area contributed by atoms with Gasteiger partial charge in [0.2, 0.25) is 11.8 Å². The number of hydrogen-bond acceptors (Lipinski definition) is 3. The summed E-state index contributed by atoms with van der Waals surface area (Å²) >= 11 is 12.0. The summed E-state index contributed by atoms with van der Waals surface area (Å²) in [5, 5.41) is 8.84. The lowest BCUT2D eigenvalue weighted by Gasteiger charge is -1.99. The minimum Gasteiger partial charge on any atom is -0.416 e. The van der Waals surface area contributed by atoms with E-state index in [0.717, 1.165) is 0 Å². The lowest BCUT2D eigenvalue weighted by molar-refractivity contribution is 0.584. The second kappa shape index (κ2) is 5.23. The van der Waals surface area contributed by atoms with Gasteiger partial charge in [-0.05, 0) is 42.5 Å². The Bertz CT molecular complexity index is 756. The van der Waals surface area contributed by atoms with E-state index >= 15 is 0 Å². The van der Waals surface area contributed by atoms with Gasteiger partial charge in [0, 0.05) is 10.6 Å². The number of hydrogen-bond donors (Lipinski definition) is 0. The molecule has 1 heterocycles. The van der Waals surface area contributed by atoms with Crippen LogP contribution in [0.25, 0.3) is 22.9 Å². The van der Waals surface area contributed by atoms with Crippen LogP contribution >= 0.6 is 23.2 Å². The Balaban J connectivity index is 2.01. The van der Waals surface area contributed by atoms with Gasteiger partial charge in [0.05, 0.1) is 10.6 Å². The Morgan fingerprint density at radius 3 is 2.35 bits per heavy atom. The number of rotatable bonds is 2. The van der Waals surface area contributed by atoms with Crippen LogP contribution < -0.4 is 0 Å². The summed E-state index contributed by atoms with van der Waals surface area (Å²) < 4.78 is 18.4. The third kappa shape index (κ3) is 2.53. The summed E-state index contributed by atoms with van der Waals surface area (Å²) in [4.78, 5) is 0. The van der Waals surface area contributed by atoms with Crippen molar-refractivity contribution in [1.29, 1.82) is 0 Å². The highest BCUT2D eigenvalue weighted by atomic mass is 35.5. The van der Waals surface area contributed by atoms with Crippen molar-refractivity contribution in [2.24, 2.45) is 0 Å². The van der Waals surface area contributed by atoms with Crippen LogP contribution in [0.15, 0.2) is 46.9 Å². The summed E-state index contributed by atoms with van der Waals surface area (Å²) in [6.07, 6.45) is 0. The quantitative estimate of drug-likeness (QED) is 0.679. The molecule has 0 saturated carbocycles. The summed E-state index contributed by atoms with van der Waals surface area (Å²) in [6.45, 7) is 0. The highest BCUT2D eigenvalue weighted by molar-refractivity contribution is 6.35. The highest BCUT2D eigenvalue weighted by Gasteiger charge is 2.13. The fourth-order valence-electron chi connectivity index (χ4n) is 1.70. The molecule has 1 aromatic heterocycles. The molecule has 0 radical (unpaired) electrons. The van der Waals surface area contributed by atoms with Gasteiger partial charge >= 0.3 is 0 Å². The van der Waals surface area contributed by atoms with Crippen LogP contribution in [0.5, 0.6) is 0 Å². The van der Waals surface area contributed by atoms with E-state index in [4.69, 9.17) is 27.6 Å². The first-order chi connectivity index (χ1) is 9.63. The Morgan fingerprint density at radius 2 is 1.60 bits per heavy atom. The zero-order valence-corrected chi connectivity index (χ0v) is 11.5. The normalized spacial score (nSPS) is 10.8. The van der Waals surface area contributed by atoms with Crippen LogP contribution in [0.2, 0.25) is 10.0 Å². The predicted molar refractivity (Wildman–Crippen MR) is 75.1 cm³/mol. The summed E-state index contributed by atoms with van der Waals surface area (Å²) in [6, 6.07) is 10.7. The van der Waals surface area contributed by atoms with Crippen molar-refractivity contribution in [1.82, 2.24) is 10.2 Å². The van der Waals surface area contributed by atoms with Crippen molar-refractivity contribution in [3.05, 3.63) is 58.3 Å². The lowest BCUT2D eigenvalue weighted by atomic mass is 10.2. The van der Waals surface area contributed by atoms with E-state index in [2.05, 4.69) is 10.2 Å². The molecule has 6 heteroatoms. The maximum atomic E-state index is 12.9. The third-order valence-electron chi connectivity index (χ3n) is 2.67. The molecule has 0 amide bonds. The molecular formula is C14H7Cl2FN2O. The molecule has 0 N–H and O–H groups in total. The molecule has 3 aromatic rings. The molecule has 3 rings (SSSR count).